The average Bonchev–Trinajstić information content (AvgIpc) is 2.48. The maximum absolute atomic E-state index is 12.0. The monoisotopic (exact) mass is 263 g/mol. The number of nitrogens with two attached hydrogens (primary N) is 1. The molecule has 1 unspecified atom stereocenters. The number of piperazine rings is 1. The van der Waals surface area contributed by atoms with E-state index in [4.69, 9.17) is 5.73 Å². The second-order valence-electron chi connectivity index (χ2n) is 4.80. The smallest absolute Gasteiger partial charge is 0.224 e. The molecule has 6 heteroatoms. The third kappa shape index (κ3) is 3.64. The molecular formula is C13H21N5O. The number of nitrogens with zero attached hydrogens (tertiary/aromatic N) is 4. The number of carbonyl (C=O) groups is 1. The van der Waals surface area contributed by atoms with Gasteiger partial charge in [-0.25, -0.2) is 4.98 Å². The van der Waals surface area contributed by atoms with Crippen LogP contribution in [0.4, 0.5) is 5.82 Å². The Morgan fingerprint density at radius 1 is 1.37 bits per heavy atom. The molecule has 1 amide bonds. The summed E-state index contributed by atoms with van der Waals surface area (Å²) >= 11 is 0. The van der Waals surface area contributed by atoms with Crippen LogP contribution in [0.5, 0.6) is 0 Å². The first-order chi connectivity index (χ1) is 9.20. The van der Waals surface area contributed by atoms with Crippen molar-refractivity contribution in [1.82, 2.24) is 14.9 Å². The van der Waals surface area contributed by atoms with Crippen LogP contribution in [0.2, 0.25) is 0 Å². The van der Waals surface area contributed by atoms with Crippen LogP contribution in [0.3, 0.4) is 0 Å². The highest BCUT2D eigenvalue weighted by Crippen LogP contribution is 2.12. The molecule has 2 heterocycles. The molecule has 0 aliphatic carbocycles. The maximum Gasteiger partial charge on any atom is 0.224 e. The molecule has 1 aromatic heterocycles. The van der Waals surface area contributed by atoms with Crippen LogP contribution in [0.15, 0.2) is 18.6 Å². The van der Waals surface area contributed by atoms with Gasteiger partial charge < -0.3 is 15.5 Å². The van der Waals surface area contributed by atoms with Crippen LogP contribution in [-0.4, -0.2) is 53.0 Å². The van der Waals surface area contributed by atoms with Gasteiger partial charge in [-0.15, -0.1) is 0 Å². The van der Waals surface area contributed by atoms with Crippen molar-refractivity contribution in [2.75, 3.05) is 31.1 Å². The molecule has 1 aliphatic heterocycles. The Morgan fingerprint density at radius 3 is 2.68 bits per heavy atom. The van der Waals surface area contributed by atoms with Crippen molar-refractivity contribution >= 4 is 11.7 Å². The van der Waals surface area contributed by atoms with Crippen molar-refractivity contribution in [3.05, 3.63) is 18.6 Å². The van der Waals surface area contributed by atoms with Crippen LogP contribution in [-0.2, 0) is 4.79 Å². The molecular weight excluding hydrogens is 242 g/mol. The largest absolute Gasteiger partial charge is 0.352 e. The minimum Gasteiger partial charge on any atom is -0.352 e. The van der Waals surface area contributed by atoms with Crippen molar-refractivity contribution in [2.24, 2.45) is 5.73 Å². The van der Waals surface area contributed by atoms with Gasteiger partial charge in [0.25, 0.3) is 0 Å². The van der Waals surface area contributed by atoms with Crippen LogP contribution in [0.1, 0.15) is 19.8 Å². The third-order valence-corrected chi connectivity index (χ3v) is 3.47. The van der Waals surface area contributed by atoms with Gasteiger partial charge in [-0.2, -0.15) is 0 Å². The van der Waals surface area contributed by atoms with E-state index in [-0.39, 0.29) is 11.9 Å². The first-order valence-corrected chi connectivity index (χ1v) is 6.75. The second-order valence-corrected chi connectivity index (χ2v) is 4.80. The van der Waals surface area contributed by atoms with E-state index in [0.717, 1.165) is 38.4 Å². The van der Waals surface area contributed by atoms with Gasteiger partial charge in [0.05, 0.1) is 6.20 Å². The zero-order chi connectivity index (χ0) is 13.7. The van der Waals surface area contributed by atoms with Crippen LogP contribution >= 0.6 is 0 Å². The minimum atomic E-state index is -0.0227. The lowest BCUT2D eigenvalue weighted by Gasteiger charge is -2.35. The summed E-state index contributed by atoms with van der Waals surface area (Å²) in [4.78, 5) is 24.4. The van der Waals surface area contributed by atoms with Crippen LogP contribution in [0.25, 0.3) is 0 Å². The molecule has 19 heavy (non-hydrogen) atoms. The fourth-order valence-electron chi connectivity index (χ4n) is 2.14. The Labute approximate surface area is 113 Å². The van der Waals surface area contributed by atoms with E-state index in [1.807, 2.05) is 11.8 Å². The quantitative estimate of drug-likeness (QED) is 0.843. The molecule has 2 N–H and O–H groups in total. The van der Waals surface area contributed by atoms with Gasteiger partial charge in [0.15, 0.2) is 0 Å². The molecule has 6 nitrogen and oxygen atoms in total. The highest BCUT2D eigenvalue weighted by atomic mass is 16.2. The number of anilines is 1. The Bertz CT molecular complexity index is 403. The summed E-state index contributed by atoms with van der Waals surface area (Å²) in [5, 5.41) is 0. The van der Waals surface area contributed by atoms with Crippen molar-refractivity contribution in [2.45, 2.75) is 25.8 Å². The third-order valence-electron chi connectivity index (χ3n) is 3.47. The number of aromatic nitrogens is 2. The molecule has 1 atom stereocenters. The Balaban J connectivity index is 1.84. The summed E-state index contributed by atoms with van der Waals surface area (Å²) in [5.74, 6) is 1.04. The van der Waals surface area contributed by atoms with Crippen molar-refractivity contribution < 1.29 is 4.79 Å². The Hall–Kier alpha value is -1.69. The maximum atomic E-state index is 12.0. The van der Waals surface area contributed by atoms with E-state index < -0.39 is 0 Å². The lowest BCUT2D eigenvalue weighted by molar-refractivity contribution is -0.131. The van der Waals surface area contributed by atoms with Gasteiger partial charge in [0.1, 0.15) is 5.82 Å². The molecule has 0 saturated carbocycles. The predicted molar refractivity (Wildman–Crippen MR) is 73.7 cm³/mol. The molecule has 2 rings (SSSR count). The second kappa shape index (κ2) is 6.47. The van der Waals surface area contributed by atoms with Gasteiger partial charge in [0.2, 0.25) is 5.91 Å². The normalized spacial score (nSPS) is 17.4. The Morgan fingerprint density at radius 2 is 2.11 bits per heavy atom. The van der Waals surface area contributed by atoms with Gasteiger partial charge >= 0.3 is 0 Å². The van der Waals surface area contributed by atoms with Crippen LogP contribution < -0.4 is 10.6 Å². The van der Waals surface area contributed by atoms with E-state index in [1.54, 1.807) is 18.6 Å². The standard InChI is InChI=1S/C13H21N5O/c1-2-11(14)9-13(19)18-7-5-17(6-8-18)12-10-15-3-4-16-12/h3-4,10-11H,2,5-9,14H2,1H3. The molecule has 0 bridgehead atoms. The number of hydrogen-bond donors (Lipinski definition) is 1. The van der Waals surface area contributed by atoms with Gasteiger partial charge in [0, 0.05) is 51.0 Å². The minimum absolute atomic E-state index is 0.0227. The molecule has 1 aromatic rings. The summed E-state index contributed by atoms with van der Waals surface area (Å²) < 4.78 is 0. The number of rotatable bonds is 4. The number of hydrogen-bond acceptors (Lipinski definition) is 5. The molecule has 1 fully saturated rings. The van der Waals surface area contributed by atoms with E-state index in [0.29, 0.717) is 6.42 Å². The van der Waals surface area contributed by atoms with Gasteiger partial charge in [-0.1, -0.05) is 6.92 Å². The highest BCUT2D eigenvalue weighted by Gasteiger charge is 2.22. The molecule has 1 saturated heterocycles. The molecule has 0 spiro atoms. The number of carbonyl (C=O) groups excluding carboxylic acids is 1. The summed E-state index contributed by atoms with van der Waals surface area (Å²) in [6.07, 6.45) is 6.39. The van der Waals surface area contributed by atoms with E-state index >= 15 is 0 Å². The zero-order valence-electron chi connectivity index (χ0n) is 11.3. The summed E-state index contributed by atoms with van der Waals surface area (Å²) in [6, 6.07) is -0.0227. The summed E-state index contributed by atoms with van der Waals surface area (Å²) in [7, 11) is 0. The predicted octanol–water partition coefficient (Wildman–Crippen LogP) is 0.253. The van der Waals surface area contributed by atoms with Gasteiger partial charge in [-0.3, -0.25) is 9.78 Å². The molecule has 104 valence electrons. The average molecular weight is 263 g/mol. The fraction of sp³-hybridized carbons (Fsp3) is 0.615. The SMILES string of the molecule is CCC(N)CC(=O)N1CCN(c2cnccn2)CC1. The lowest BCUT2D eigenvalue weighted by Crippen LogP contribution is -2.50. The van der Waals surface area contributed by atoms with E-state index in [1.165, 1.54) is 0 Å². The van der Waals surface area contributed by atoms with Crippen molar-refractivity contribution in [1.29, 1.82) is 0 Å². The van der Waals surface area contributed by atoms with E-state index in [2.05, 4.69) is 14.9 Å². The summed E-state index contributed by atoms with van der Waals surface area (Å²) in [6.45, 7) is 5.05. The number of amides is 1. The fourth-order valence-corrected chi connectivity index (χ4v) is 2.14. The van der Waals surface area contributed by atoms with Crippen molar-refractivity contribution in [3.63, 3.8) is 0 Å². The van der Waals surface area contributed by atoms with Gasteiger partial charge in [-0.05, 0) is 6.42 Å². The summed E-state index contributed by atoms with van der Waals surface area (Å²) in [5.41, 5.74) is 5.82. The highest BCUT2D eigenvalue weighted by molar-refractivity contribution is 5.77. The van der Waals surface area contributed by atoms with E-state index in [9.17, 15) is 4.79 Å². The lowest BCUT2D eigenvalue weighted by atomic mass is 10.1. The molecule has 0 aromatic carbocycles. The first-order valence-electron chi connectivity index (χ1n) is 6.75. The van der Waals surface area contributed by atoms with Crippen LogP contribution in [0, 0.1) is 0 Å². The molecule has 0 radical (unpaired) electrons. The first kappa shape index (κ1) is 13.7. The van der Waals surface area contributed by atoms with Crippen molar-refractivity contribution in [3.8, 4) is 0 Å². The molecule has 1 aliphatic rings. The Kier molecular flexibility index (Phi) is 4.68. The topological polar surface area (TPSA) is 75.4 Å². The zero-order valence-corrected chi connectivity index (χ0v) is 11.3.